The molecule has 142 valence electrons. The molecule has 8 heteroatoms. The minimum Gasteiger partial charge on any atom is -0.450 e. The molecule has 0 aromatic heterocycles. The lowest BCUT2D eigenvalue weighted by molar-refractivity contribution is -0.135. The van der Waals surface area contributed by atoms with Crippen molar-refractivity contribution in [2.24, 2.45) is 11.8 Å². The summed E-state index contributed by atoms with van der Waals surface area (Å²) in [6.07, 6.45) is 0.154. The second-order valence-corrected chi connectivity index (χ2v) is 6.61. The maximum Gasteiger partial charge on any atom is 0.409 e. The third kappa shape index (κ3) is 4.19. The molecule has 1 aliphatic heterocycles. The number of benzene rings is 1. The van der Waals surface area contributed by atoms with Crippen molar-refractivity contribution in [3.63, 3.8) is 0 Å². The van der Waals surface area contributed by atoms with Gasteiger partial charge in [0.05, 0.1) is 29.7 Å². The zero-order chi connectivity index (χ0) is 19.4. The third-order valence-electron chi connectivity index (χ3n) is 4.87. The Balaban J connectivity index is 1.50. The minimum absolute atomic E-state index is 0.0489. The quantitative estimate of drug-likeness (QED) is 0.864. The van der Waals surface area contributed by atoms with E-state index >= 15 is 0 Å². The van der Waals surface area contributed by atoms with Gasteiger partial charge in [-0.3, -0.25) is 9.59 Å². The summed E-state index contributed by atoms with van der Waals surface area (Å²) in [6.45, 7) is 3.84. The van der Waals surface area contributed by atoms with Crippen molar-refractivity contribution in [1.82, 2.24) is 9.80 Å². The van der Waals surface area contributed by atoms with E-state index in [-0.39, 0.29) is 29.7 Å². The largest absolute Gasteiger partial charge is 0.450 e. The average Bonchev–Trinajstić information content (AvgIpc) is 3.49. The highest BCUT2D eigenvalue weighted by atomic mass is 16.6. The fraction of sp³-hybridized carbons (Fsp3) is 0.474. The Morgan fingerprint density at radius 3 is 2.48 bits per heavy atom. The molecule has 1 aromatic rings. The van der Waals surface area contributed by atoms with Crippen LogP contribution in [0.4, 0.5) is 10.5 Å². The third-order valence-corrected chi connectivity index (χ3v) is 4.87. The number of carbonyl (C=O) groups is 3. The molecular weight excluding hydrogens is 348 g/mol. The molecule has 3 rings (SSSR count). The highest BCUT2D eigenvalue weighted by molar-refractivity contribution is 6.00. The number of nitrogens with zero attached hydrogens (tertiary/aromatic N) is 3. The summed E-state index contributed by atoms with van der Waals surface area (Å²) in [6, 6.07) is 8.81. The Bertz CT molecular complexity index is 780. The van der Waals surface area contributed by atoms with Crippen LogP contribution in [0.2, 0.25) is 0 Å². The Morgan fingerprint density at radius 1 is 1.15 bits per heavy atom. The monoisotopic (exact) mass is 370 g/mol. The fourth-order valence-electron chi connectivity index (χ4n) is 3.23. The molecule has 2 aliphatic rings. The molecule has 1 aromatic carbocycles. The Hall–Kier alpha value is -3.08. The van der Waals surface area contributed by atoms with E-state index in [0.717, 1.165) is 0 Å². The van der Waals surface area contributed by atoms with Gasteiger partial charge in [0, 0.05) is 26.2 Å². The number of carbonyl (C=O) groups excluding carboxylic acids is 3. The summed E-state index contributed by atoms with van der Waals surface area (Å²) in [5.41, 5.74) is 0.857. The standard InChI is InChI=1S/C19H22N4O4/c1-2-27-19(26)23-9-7-22(8-10-23)18(25)15-11-14(15)17(24)21-16-6-4-3-5-13(16)12-20/h3-6,14-15H,2,7-11H2,1H3,(H,21,24). The van der Waals surface area contributed by atoms with Crippen LogP contribution in [0.5, 0.6) is 0 Å². The number of anilines is 1. The molecule has 1 saturated heterocycles. The topological polar surface area (TPSA) is 103 Å². The Labute approximate surface area is 157 Å². The van der Waals surface area contributed by atoms with Gasteiger partial charge in [-0.15, -0.1) is 0 Å². The highest BCUT2D eigenvalue weighted by Gasteiger charge is 2.50. The van der Waals surface area contributed by atoms with Crippen molar-refractivity contribution in [3.8, 4) is 6.07 Å². The lowest BCUT2D eigenvalue weighted by Gasteiger charge is -2.34. The van der Waals surface area contributed by atoms with Crippen molar-refractivity contribution in [3.05, 3.63) is 29.8 Å². The zero-order valence-corrected chi connectivity index (χ0v) is 15.2. The molecule has 3 amide bonds. The van der Waals surface area contributed by atoms with Crippen molar-refractivity contribution >= 4 is 23.6 Å². The van der Waals surface area contributed by atoms with Gasteiger partial charge in [-0.2, -0.15) is 5.26 Å². The van der Waals surface area contributed by atoms with Crippen LogP contribution in [0.25, 0.3) is 0 Å². The maximum atomic E-state index is 12.6. The first-order valence-electron chi connectivity index (χ1n) is 9.05. The number of para-hydroxylation sites is 1. The van der Waals surface area contributed by atoms with Gasteiger partial charge >= 0.3 is 6.09 Å². The maximum absolute atomic E-state index is 12.6. The Morgan fingerprint density at radius 2 is 1.81 bits per heavy atom. The van der Waals surface area contributed by atoms with E-state index in [2.05, 4.69) is 5.32 Å². The lowest BCUT2D eigenvalue weighted by atomic mass is 10.2. The summed E-state index contributed by atoms with van der Waals surface area (Å²) in [7, 11) is 0. The molecule has 1 heterocycles. The number of nitrogens with one attached hydrogen (secondary N) is 1. The predicted octanol–water partition coefficient (Wildman–Crippen LogP) is 1.43. The van der Waals surface area contributed by atoms with Crippen LogP contribution < -0.4 is 5.32 Å². The van der Waals surface area contributed by atoms with Crippen LogP contribution in [-0.2, 0) is 14.3 Å². The molecule has 2 unspecified atom stereocenters. The number of hydrogen-bond donors (Lipinski definition) is 1. The van der Waals surface area contributed by atoms with Crippen LogP contribution in [0.15, 0.2) is 24.3 Å². The first kappa shape index (κ1) is 18.7. The molecule has 1 aliphatic carbocycles. The van der Waals surface area contributed by atoms with Gasteiger partial charge in [-0.1, -0.05) is 12.1 Å². The van der Waals surface area contributed by atoms with Gasteiger partial charge < -0.3 is 19.9 Å². The van der Waals surface area contributed by atoms with E-state index in [1.54, 1.807) is 41.0 Å². The predicted molar refractivity (Wildman–Crippen MR) is 96.6 cm³/mol. The van der Waals surface area contributed by atoms with Gasteiger partial charge in [0.1, 0.15) is 6.07 Å². The van der Waals surface area contributed by atoms with E-state index in [1.807, 2.05) is 6.07 Å². The molecule has 2 atom stereocenters. The van der Waals surface area contributed by atoms with E-state index in [1.165, 1.54) is 0 Å². The van der Waals surface area contributed by atoms with Crippen LogP contribution in [0.3, 0.4) is 0 Å². The summed E-state index contributed by atoms with van der Waals surface area (Å²) in [5, 5.41) is 11.8. The Kier molecular flexibility index (Phi) is 5.60. The molecule has 1 N–H and O–H groups in total. The van der Waals surface area contributed by atoms with Gasteiger partial charge in [0.15, 0.2) is 0 Å². The molecule has 2 fully saturated rings. The average molecular weight is 370 g/mol. The van der Waals surface area contributed by atoms with Gasteiger partial charge in [-0.25, -0.2) is 4.79 Å². The number of nitriles is 1. The normalized spacial score (nSPS) is 21.2. The molecule has 0 radical (unpaired) electrons. The highest BCUT2D eigenvalue weighted by Crippen LogP contribution is 2.41. The fourth-order valence-corrected chi connectivity index (χ4v) is 3.23. The lowest BCUT2D eigenvalue weighted by Crippen LogP contribution is -2.51. The van der Waals surface area contributed by atoms with E-state index < -0.39 is 0 Å². The summed E-state index contributed by atoms with van der Waals surface area (Å²) in [5.74, 6) is -0.978. The second-order valence-electron chi connectivity index (χ2n) is 6.61. The smallest absolute Gasteiger partial charge is 0.409 e. The second kappa shape index (κ2) is 8.08. The minimum atomic E-state index is -0.368. The molecule has 0 spiro atoms. The molecular formula is C19H22N4O4. The summed E-state index contributed by atoms with van der Waals surface area (Å²) >= 11 is 0. The van der Waals surface area contributed by atoms with Crippen molar-refractivity contribution in [2.45, 2.75) is 13.3 Å². The van der Waals surface area contributed by atoms with Crippen LogP contribution in [0, 0.1) is 23.2 Å². The van der Waals surface area contributed by atoms with Crippen molar-refractivity contribution < 1.29 is 19.1 Å². The van der Waals surface area contributed by atoms with Crippen LogP contribution >= 0.6 is 0 Å². The number of ether oxygens (including phenoxy) is 1. The molecule has 1 saturated carbocycles. The van der Waals surface area contributed by atoms with Gasteiger partial charge in [0.25, 0.3) is 0 Å². The number of amides is 3. The van der Waals surface area contributed by atoms with Crippen LogP contribution in [-0.4, -0.2) is 60.5 Å². The first-order valence-corrected chi connectivity index (χ1v) is 9.05. The molecule has 8 nitrogen and oxygen atoms in total. The summed E-state index contributed by atoms with van der Waals surface area (Å²) < 4.78 is 4.97. The van der Waals surface area contributed by atoms with Crippen LogP contribution in [0.1, 0.15) is 18.9 Å². The van der Waals surface area contributed by atoms with E-state index in [9.17, 15) is 14.4 Å². The number of piperazine rings is 1. The molecule has 27 heavy (non-hydrogen) atoms. The van der Waals surface area contributed by atoms with Gasteiger partial charge in [0.2, 0.25) is 11.8 Å². The zero-order valence-electron chi connectivity index (χ0n) is 15.2. The van der Waals surface area contributed by atoms with Crippen molar-refractivity contribution in [2.75, 3.05) is 38.1 Å². The number of hydrogen-bond acceptors (Lipinski definition) is 5. The summed E-state index contributed by atoms with van der Waals surface area (Å²) in [4.78, 5) is 40.0. The first-order chi connectivity index (χ1) is 13.0. The van der Waals surface area contributed by atoms with E-state index in [4.69, 9.17) is 10.00 Å². The van der Waals surface area contributed by atoms with Gasteiger partial charge in [-0.05, 0) is 25.5 Å². The molecule has 0 bridgehead atoms. The van der Waals surface area contributed by atoms with Crippen molar-refractivity contribution in [1.29, 1.82) is 5.26 Å². The van der Waals surface area contributed by atoms with E-state index in [0.29, 0.717) is 50.5 Å². The number of rotatable bonds is 4. The SMILES string of the molecule is CCOC(=O)N1CCN(C(=O)C2CC2C(=O)Nc2ccccc2C#N)CC1.